The minimum absolute atomic E-state index is 0.0237. The second-order valence-corrected chi connectivity index (χ2v) is 8.37. The summed E-state index contributed by atoms with van der Waals surface area (Å²) in [5.74, 6) is 0.756. The lowest BCUT2D eigenvalue weighted by Crippen LogP contribution is -2.44. The Kier molecular flexibility index (Phi) is 4.61. The minimum atomic E-state index is -0.487. The fourth-order valence-electron chi connectivity index (χ4n) is 3.76. The summed E-state index contributed by atoms with van der Waals surface area (Å²) in [6, 6.07) is 13.4. The summed E-state index contributed by atoms with van der Waals surface area (Å²) in [5.41, 5.74) is 2.91. The van der Waals surface area contributed by atoms with Gasteiger partial charge in [-0.2, -0.15) is 0 Å². The van der Waals surface area contributed by atoms with Gasteiger partial charge < -0.3 is 14.4 Å². The van der Waals surface area contributed by atoms with Crippen molar-refractivity contribution in [3.63, 3.8) is 0 Å². The molecule has 0 spiro atoms. The van der Waals surface area contributed by atoms with E-state index >= 15 is 0 Å². The number of ketones is 1. The van der Waals surface area contributed by atoms with Crippen LogP contribution in [-0.4, -0.2) is 41.6 Å². The first kappa shape index (κ1) is 18.5. The molecule has 1 aliphatic carbocycles. The Morgan fingerprint density at radius 2 is 1.61 bits per heavy atom. The number of carbonyl (C=O) groups is 2. The number of ether oxygens (including phenoxy) is 2. The van der Waals surface area contributed by atoms with E-state index in [1.54, 1.807) is 4.90 Å². The molecule has 1 amide bonds. The van der Waals surface area contributed by atoms with Gasteiger partial charge in [0.05, 0.1) is 0 Å². The summed E-state index contributed by atoms with van der Waals surface area (Å²) in [5, 5.41) is 0. The Morgan fingerprint density at radius 3 is 2.29 bits per heavy atom. The lowest BCUT2D eigenvalue weighted by atomic mass is 10.1. The molecule has 0 atom stereocenters. The van der Waals surface area contributed by atoms with Gasteiger partial charge in [0.25, 0.3) is 0 Å². The van der Waals surface area contributed by atoms with Crippen LogP contribution in [0.4, 0.5) is 4.79 Å². The molecule has 0 N–H and O–H groups in total. The highest BCUT2D eigenvalue weighted by Crippen LogP contribution is 2.38. The lowest BCUT2D eigenvalue weighted by molar-refractivity contribution is 0.0126. The smallest absolute Gasteiger partial charge is 0.410 e. The highest BCUT2D eigenvalue weighted by Gasteiger charge is 2.29. The third-order valence-electron chi connectivity index (χ3n) is 5.09. The van der Waals surface area contributed by atoms with E-state index in [0.717, 1.165) is 29.5 Å². The lowest BCUT2D eigenvalue weighted by Gasteiger charge is -2.33. The molecule has 0 saturated carbocycles. The second kappa shape index (κ2) is 6.97. The van der Waals surface area contributed by atoms with Crippen LogP contribution in [0.2, 0.25) is 0 Å². The molecule has 2 aromatic carbocycles. The van der Waals surface area contributed by atoms with Gasteiger partial charge in [0.2, 0.25) is 0 Å². The quantitative estimate of drug-likeness (QED) is 0.649. The normalized spacial score (nSPS) is 16.5. The van der Waals surface area contributed by atoms with E-state index in [9.17, 15) is 9.59 Å². The Balaban J connectivity index is 1.39. The number of rotatable bonds is 2. The zero-order valence-electron chi connectivity index (χ0n) is 16.5. The van der Waals surface area contributed by atoms with Crippen molar-refractivity contribution in [2.24, 2.45) is 0 Å². The van der Waals surface area contributed by atoms with Crippen molar-refractivity contribution in [3.8, 4) is 16.9 Å². The first-order chi connectivity index (χ1) is 13.3. The van der Waals surface area contributed by atoms with Crippen molar-refractivity contribution in [2.45, 2.75) is 45.3 Å². The van der Waals surface area contributed by atoms with E-state index in [0.29, 0.717) is 24.4 Å². The van der Waals surface area contributed by atoms with E-state index in [1.165, 1.54) is 0 Å². The standard InChI is InChI=1S/C23H25NO4/c1-23(2,3)28-22(26)24-12-10-15(11-13-24)27-16-8-9-18-17-6-4-5-7-19(17)21(25)20(18)14-16/h4-9,14-15H,10-13H2,1-3H3. The van der Waals surface area contributed by atoms with Gasteiger partial charge in [0.1, 0.15) is 17.5 Å². The number of piperidine rings is 1. The summed E-state index contributed by atoms with van der Waals surface area (Å²) < 4.78 is 11.6. The van der Waals surface area contributed by atoms with Gasteiger partial charge in [-0.3, -0.25) is 4.79 Å². The Labute approximate surface area is 165 Å². The van der Waals surface area contributed by atoms with Crippen LogP contribution < -0.4 is 4.74 Å². The van der Waals surface area contributed by atoms with Crippen molar-refractivity contribution < 1.29 is 19.1 Å². The van der Waals surface area contributed by atoms with E-state index in [4.69, 9.17) is 9.47 Å². The number of amides is 1. The van der Waals surface area contributed by atoms with Crippen molar-refractivity contribution in [3.05, 3.63) is 53.6 Å². The molecular weight excluding hydrogens is 354 g/mol. The molecule has 0 unspecified atom stereocenters. The topological polar surface area (TPSA) is 55.8 Å². The van der Waals surface area contributed by atoms with Gasteiger partial charge >= 0.3 is 6.09 Å². The fraction of sp³-hybridized carbons (Fsp3) is 0.391. The van der Waals surface area contributed by atoms with Crippen molar-refractivity contribution in [2.75, 3.05) is 13.1 Å². The largest absolute Gasteiger partial charge is 0.490 e. The molecule has 1 aliphatic heterocycles. The molecule has 5 nitrogen and oxygen atoms in total. The van der Waals surface area contributed by atoms with E-state index < -0.39 is 5.60 Å². The molecule has 146 valence electrons. The third kappa shape index (κ3) is 3.61. The van der Waals surface area contributed by atoms with Crippen LogP contribution in [0.5, 0.6) is 5.75 Å². The van der Waals surface area contributed by atoms with Gasteiger partial charge in [-0.25, -0.2) is 4.79 Å². The third-order valence-corrected chi connectivity index (χ3v) is 5.09. The van der Waals surface area contributed by atoms with Gasteiger partial charge in [-0.1, -0.05) is 24.3 Å². The monoisotopic (exact) mass is 379 g/mol. The fourth-order valence-corrected chi connectivity index (χ4v) is 3.76. The molecule has 5 heteroatoms. The van der Waals surface area contributed by atoms with Crippen LogP contribution in [0, 0.1) is 0 Å². The van der Waals surface area contributed by atoms with Gasteiger partial charge in [0.15, 0.2) is 5.78 Å². The SMILES string of the molecule is CC(C)(C)OC(=O)N1CCC(Oc2ccc3c(c2)C(=O)c2ccccc2-3)CC1. The molecule has 1 fully saturated rings. The molecule has 0 bridgehead atoms. The van der Waals surface area contributed by atoms with E-state index in [2.05, 4.69) is 0 Å². The molecule has 28 heavy (non-hydrogen) atoms. The Hall–Kier alpha value is -2.82. The van der Waals surface area contributed by atoms with Crippen LogP contribution in [0.25, 0.3) is 11.1 Å². The molecule has 0 radical (unpaired) electrons. The Morgan fingerprint density at radius 1 is 0.964 bits per heavy atom. The van der Waals surface area contributed by atoms with Gasteiger partial charge in [-0.05, 0) is 50.1 Å². The number of benzene rings is 2. The molecule has 1 saturated heterocycles. The van der Waals surface area contributed by atoms with E-state index in [-0.39, 0.29) is 18.0 Å². The average molecular weight is 379 g/mol. The Bertz CT molecular complexity index is 920. The maximum Gasteiger partial charge on any atom is 0.410 e. The highest BCUT2D eigenvalue weighted by molar-refractivity contribution is 6.21. The molecule has 1 heterocycles. The number of nitrogens with zero attached hydrogens (tertiary/aromatic N) is 1. The molecule has 0 aromatic heterocycles. The van der Waals surface area contributed by atoms with Crippen molar-refractivity contribution >= 4 is 11.9 Å². The first-order valence-corrected chi connectivity index (χ1v) is 9.74. The number of carbonyl (C=O) groups excluding carboxylic acids is 2. The maximum absolute atomic E-state index is 12.7. The molecule has 2 aromatic rings. The average Bonchev–Trinajstić information content (AvgIpc) is 2.93. The summed E-state index contributed by atoms with van der Waals surface area (Å²) in [4.78, 5) is 26.6. The summed E-state index contributed by atoms with van der Waals surface area (Å²) in [7, 11) is 0. The molecular formula is C23H25NO4. The number of hydrogen-bond donors (Lipinski definition) is 0. The predicted molar refractivity (Wildman–Crippen MR) is 107 cm³/mol. The second-order valence-electron chi connectivity index (χ2n) is 8.37. The predicted octanol–water partition coefficient (Wildman–Crippen LogP) is 4.68. The molecule has 2 aliphatic rings. The summed E-state index contributed by atoms with van der Waals surface area (Å²) in [6.07, 6.45) is 1.23. The van der Waals surface area contributed by atoms with E-state index in [1.807, 2.05) is 63.2 Å². The highest BCUT2D eigenvalue weighted by atomic mass is 16.6. The summed E-state index contributed by atoms with van der Waals surface area (Å²) in [6.45, 7) is 6.82. The van der Waals surface area contributed by atoms with Crippen molar-refractivity contribution in [1.82, 2.24) is 4.90 Å². The van der Waals surface area contributed by atoms with Crippen LogP contribution in [-0.2, 0) is 4.74 Å². The van der Waals surface area contributed by atoms with Gasteiger partial charge in [-0.15, -0.1) is 0 Å². The minimum Gasteiger partial charge on any atom is -0.490 e. The van der Waals surface area contributed by atoms with Gasteiger partial charge in [0, 0.05) is 37.1 Å². The number of fused-ring (bicyclic) bond motifs is 3. The zero-order chi connectivity index (χ0) is 19.9. The number of likely N-dealkylation sites (tertiary alicyclic amines) is 1. The summed E-state index contributed by atoms with van der Waals surface area (Å²) >= 11 is 0. The first-order valence-electron chi connectivity index (χ1n) is 9.74. The number of hydrogen-bond acceptors (Lipinski definition) is 4. The van der Waals surface area contributed by atoms with Crippen LogP contribution >= 0.6 is 0 Å². The van der Waals surface area contributed by atoms with Crippen LogP contribution in [0.15, 0.2) is 42.5 Å². The van der Waals surface area contributed by atoms with Crippen LogP contribution in [0.3, 0.4) is 0 Å². The van der Waals surface area contributed by atoms with Crippen LogP contribution in [0.1, 0.15) is 49.5 Å². The molecule has 4 rings (SSSR count). The zero-order valence-corrected chi connectivity index (χ0v) is 16.5. The maximum atomic E-state index is 12.7. The van der Waals surface area contributed by atoms with Crippen molar-refractivity contribution in [1.29, 1.82) is 0 Å².